The third-order valence-electron chi connectivity index (χ3n) is 2.45. The van der Waals surface area contributed by atoms with Crippen molar-refractivity contribution in [3.05, 3.63) is 54.6 Å². The summed E-state index contributed by atoms with van der Waals surface area (Å²) < 4.78 is 5.74. The molecule has 0 spiro atoms. The maximum Gasteiger partial charge on any atom is 0.129 e. The smallest absolute Gasteiger partial charge is 0.129 e. The van der Waals surface area contributed by atoms with Gasteiger partial charge < -0.3 is 10.1 Å². The minimum absolute atomic E-state index is 0.00280. The van der Waals surface area contributed by atoms with Crippen molar-refractivity contribution in [1.82, 2.24) is 0 Å². The zero-order chi connectivity index (χ0) is 12.8. The van der Waals surface area contributed by atoms with Gasteiger partial charge in [0.2, 0.25) is 0 Å². The molecule has 1 unspecified atom stereocenters. The van der Waals surface area contributed by atoms with Crippen molar-refractivity contribution < 1.29 is 4.74 Å². The summed E-state index contributed by atoms with van der Waals surface area (Å²) in [6.07, 6.45) is 5.34. The van der Waals surface area contributed by atoms with E-state index in [0.717, 1.165) is 17.2 Å². The maximum absolute atomic E-state index is 5.74. The number of rotatable bonds is 4. The van der Waals surface area contributed by atoms with Gasteiger partial charge in [0, 0.05) is 11.8 Å². The van der Waals surface area contributed by atoms with E-state index in [9.17, 15) is 0 Å². The van der Waals surface area contributed by atoms with Gasteiger partial charge in [0.1, 0.15) is 11.5 Å². The minimum atomic E-state index is -0.00280. The van der Waals surface area contributed by atoms with Crippen molar-refractivity contribution in [2.45, 2.75) is 13.0 Å². The Morgan fingerprint density at radius 1 is 1.06 bits per heavy atom. The van der Waals surface area contributed by atoms with Gasteiger partial charge in [0.15, 0.2) is 0 Å². The average Bonchev–Trinajstić information content (AvgIpc) is 2.40. The number of anilines is 1. The summed E-state index contributed by atoms with van der Waals surface area (Å²) in [7, 11) is 0. The van der Waals surface area contributed by atoms with Gasteiger partial charge in [0.25, 0.3) is 0 Å². The molecule has 0 heterocycles. The van der Waals surface area contributed by atoms with Gasteiger partial charge in [-0.25, -0.2) is 0 Å². The first-order chi connectivity index (χ1) is 8.78. The van der Waals surface area contributed by atoms with Crippen molar-refractivity contribution >= 4 is 5.69 Å². The molecule has 0 aliphatic rings. The number of para-hydroxylation sites is 1. The van der Waals surface area contributed by atoms with E-state index in [2.05, 4.69) is 11.2 Å². The van der Waals surface area contributed by atoms with Crippen molar-refractivity contribution in [3.63, 3.8) is 0 Å². The summed E-state index contributed by atoms with van der Waals surface area (Å²) >= 11 is 0. The van der Waals surface area contributed by atoms with Gasteiger partial charge in [-0.15, -0.1) is 6.42 Å². The van der Waals surface area contributed by atoms with E-state index in [4.69, 9.17) is 11.2 Å². The molecule has 0 saturated carbocycles. The highest BCUT2D eigenvalue weighted by Crippen LogP contribution is 2.23. The Balaban J connectivity index is 2.11. The lowest BCUT2D eigenvalue weighted by Gasteiger charge is -2.11. The molecule has 0 bridgehead atoms. The topological polar surface area (TPSA) is 21.3 Å². The predicted octanol–water partition coefficient (Wildman–Crippen LogP) is 3.91. The fourth-order valence-corrected chi connectivity index (χ4v) is 1.57. The van der Waals surface area contributed by atoms with Crippen LogP contribution in [0.4, 0.5) is 5.69 Å². The van der Waals surface area contributed by atoms with Crippen LogP contribution in [0.15, 0.2) is 54.6 Å². The Hall–Kier alpha value is -2.40. The molecular weight excluding hydrogens is 222 g/mol. The van der Waals surface area contributed by atoms with Crippen molar-refractivity contribution in [2.24, 2.45) is 0 Å². The van der Waals surface area contributed by atoms with Crippen molar-refractivity contribution in [3.8, 4) is 23.8 Å². The second-order valence-electron chi connectivity index (χ2n) is 3.98. The molecular formula is C16H15NO. The molecule has 2 nitrogen and oxygen atoms in total. The fraction of sp³-hybridized carbons (Fsp3) is 0.125. The van der Waals surface area contributed by atoms with E-state index in [1.807, 2.05) is 61.5 Å². The molecule has 2 rings (SSSR count). The van der Waals surface area contributed by atoms with Gasteiger partial charge >= 0.3 is 0 Å². The first-order valence-corrected chi connectivity index (χ1v) is 5.83. The minimum Gasteiger partial charge on any atom is -0.457 e. The van der Waals surface area contributed by atoms with Gasteiger partial charge in [-0.2, -0.15) is 0 Å². The Morgan fingerprint density at radius 2 is 1.78 bits per heavy atom. The van der Waals surface area contributed by atoms with Gasteiger partial charge in [-0.05, 0) is 31.2 Å². The van der Waals surface area contributed by atoms with Crippen LogP contribution in [0.5, 0.6) is 11.5 Å². The molecule has 2 aromatic carbocycles. The summed E-state index contributed by atoms with van der Waals surface area (Å²) in [6, 6.07) is 17.4. The van der Waals surface area contributed by atoms with E-state index in [1.54, 1.807) is 0 Å². The lowest BCUT2D eigenvalue weighted by atomic mass is 10.2. The Morgan fingerprint density at radius 3 is 2.50 bits per heavy atom. The van der Waals surface area contributed by atoms with E-state index in [0.29, 0.717) is 0 Å². The van der Waals surface area contributed by atoms with Crippen LogP contribution in [0.2, 0.25) is 0 Å². The molecule has 1 N–H and O–H groups in total. The lowest BCUT2D eigenvalue weighted by molar-refractivity contribution is 0.483. The van der Waals surface area contributed by atoms with Crippen LogP contribution in [-0.2, 0) is 0 Å². The Kier molecular flexibility index (Phi) is 3.88. The first-order valence-electron chi connectivity index (χ1n) is 5.83. The Labute approximate surface area is 108 Å². The maximum atomic E-state index is 5.74. The van der Waals surface area contributed by atoms with Gasteiger partial charge in [0.05, 0.1) is 6.04 Å². The summed E-state index contributed by atoms with van der Waals surface area (Å²) in [5, 5.41) is 3.20. The second kappa shape index (κ2) is 5.79. The molecule has 0 aliphatic carbocycles. The highest BCUT2D eigenvalue weighted by atomic mass is 16.5. The van der Waals surface area contributed by atoms with E-state index in [-0.39, 0.29) is 6.04 Å². The Bertz CT molecular complexity index is 543. The molecule has 0 amide bonds. The zero-order valence-corrected chi connectivity index (χ0v) is 10.3. The summed E-state index contributed by atoms with van der Waals surface area (Å²) in [5.74, 6) is 4.24. The van der Waals surface area contributed by atoms with E-state index in [1.165, 1.54) is 0 Å². The monoisotopic (exact) mass is 237 g/mol. The molecule has 1 atom stereocenters. The number of ether oxygens (including phenoxy) is 1. The number of hydrogen-bond donors (Lipinski definition) is 1. The van der Waals surface area contributed by atoms with Crippen LogP contribution in [0.1, 0.15) is 6.92 Å². The second-order valence-corrected chi connectivity index (χ2v) is 3.98. The largest absolute Gasteiger partial charge is 0.457 e. The fourth-order valence-electron chi connectivity index (χ4n) is 1.57. The molecule has 0 aliphatic heterocycles. The van der Waals surface area contributed by atoms with Crippen LogP contribution in [-0.4, -0.2) is 6.04 Å². The normalized spacial score (nSPS) is 11.3. The van der Waals surface area contributed by atoms with Gasteiger partial charge in [-0.1, -0.05) is 30.2 Å². The molecule has 0 fully saturated rings. The van der Waals surface area contributed by atoms with E-state index >= 15 is 0 Å². The van der Waals surface area contributed by atoms with Crippen LogP contribution in [0.25, 0.3) is 0 Å². The van der Waals surface area contributed by atoms with Crippen molar-refractivity contribution in [2.75, 3.05) is 5.32 Å². The van der Waals surface area contributed by atoms with Crippen LogP contribution in [0, 0.1) is 12.3 Å². The summed E-state index contributed by atoms with van der Waals surface area (Å²) in [6.45, 7) is 1.94. The molecule has 0 aromatic heterocycles. The van der Waals surface area contributed by atoms with Gasteiger partial charge in [-0.3, -0.25) is 0 Å². The third kappa shape index (κ3) is 3.29. The molecule has 2 heteroatoms. The van der Waals surface area contributed by atoms with E-state index < -0.39 is 0 Å². The van der Waals surface area contributed by atoms with Crippen molar-refractivity contribution in [1.29, 1.82) is 0 Å². The third-order valence-corrected chi connectivity index (χ3v) is 2.45. The molecule has 18 heavy (non-hydrogen) atoms. The highest BCUT2D eigenvalue weighted by Gasteiger charge is 2.00. The number of nitrogens with one attached hydrogen (secondary N) is 1. The van der Waals surface area contributed by atoms with Crippen LogP contribution >= 0.6 is 0 Å². The zero-order valence-electron chi connectivity index (χ0n) is 10.3. The SMILES string of the molecule is C#CC(C)Nc1cccc(Oc2ccccc2)c1. The molecule has 90 valence electrons. The first kappa shape index (κ1) is 12.1. The molecule has 2 aromatic rings. The summed E-state index contributed by atoms with van der Waals surface area (Å²) in [4.78, 5) is 0. The standard InChI is InChI=1S/C16H15NO/c1-3-13(2)17-14-8-7-11-16(12-14)18-15-9-5-4-6-10-15/h1,4-13,17H,2H3. The quantitative estimate of drug-likeness (QED) is 0.814. The number of terminal acetylenes is 1. The van der Waals surface area contributed by atoms with Crippen LogP contribution < -0.4 is 10.1 Å². The highest BCUT2D eigenvalue weighted by molar-refractivity contribution is 5.50. The number of benzene rings is 2. The average molecular weight is 237 g/mol. The molecule has 0 radical (unpaired) electrons. The van der Waals surface area contributed by atoms with Crippen LogP contribution in [0.3, 0.4) is 0 Å². The number of hydrogen-bond acceptors (Lipinski definition) is 2. The lowest BCUT2D eigenvalue weighted by Crippen LogP contribution is -2.11. The predicted molar refractivity (Wildman–Crippen MR) is 74.9 cm³/mol. The molecule has 0 saturated heterocycles. The summed E-state index contributed by atoms with van der Waals surface area (Å²) in [5.41, 5.74) is 0.953.